The second kappa shape index (κ2) is 8.54. The van der Waals surface area contributed by atoms with Gasteiger partial charge in [-0.2, -0.15) is 0 Å². The normalized spacial score (nSPS) is 22.6. The number of hydrogen-bond donors (Lipinski definition) is 1. The standard InChI is InChI=1S/C18H32O4/c1-13(2)7-5-6-12-18(3,4)22-17(21)15-10-8-14(9-11-15)16(19)20/h13-15H,5-12H2,1-4H3,(H,19,20). The molecule has 128 valence electrons. The molecule has 4 heteroatoms. The average molecular weight is 312 g/mol. The zero-order valence-electron chi connectivity index (χ0n) is 14.6. The summed E-state index contributed by atoms with van der Waals surface area (Å²) in [5.74, 6) is -0.566. The van der Waals surface area contributed by atoms with Crippen molar-refractivity contribution >= 4 is 11.9 Å². The van der Waals surface area contributed by atoms with E-state index in [9.17, 15) is 9.59 Å². The van der Waals surface area contributed by atoms with Gasteiger partial charge in [0.25, 0.3) is 0 Å². The molecule has 0 atom stereocenters. The lowest BCUT2D eigenvalue weighted by Gasteiger charge is -2.30. The molecule has 1 fully saturated rings. The molecule has 22 heavy (non-hydrogen) atoms. The summed E-state index contributed by atoms with van der Waals surface area (Å²) in [5, 5.41) is 8.99. The van der Waals surface area contributed by atoms with Gasteiger partial charge < -0.3 is 9.84 Å². The predicted molar refractivity (Wildman–Crippen MR) is 86.6 cm³/mol. The third-order valence-corrected chi connectivity index (χ3v) is 4.60. The van der Waals surface area contributed by atoms with Crippen molar-refractivity contribution in [2.75, 3.05) is 0 Å². The van der Waals surface area contributed by atoms with Crippen LogP contribution in [0.15, 0.2) is 0 Å². The van der Waals surface area contributed by atoms with Gasteiger partial charge in [0.15, 0.2) is 0 Å². The van der Waals surface area contributed by atoms with Crippen LogP contribution < -0.4 is 0 Å². The van der Waals surface area contributed by atoms with Crippen LogP contribution in [0.4, 0.5) is 0 Å². The van der Waals surface area contributed by atoms with Crippen molar-refractivity contribution < 1.29 is 19.4 Å². The Balaban J connectivity index is 2.32. The molecule has 0 spiro atoms. The molecule has 0 aliphatic heterocycles. The van der Waals surface area contributed by atoms with Crippen LogP contribution in [0.5, 0.6) is 0 Å². The van der Waals surface area contributed by atoms with Gasteiger partial charge in [-0.05, 0) is 58.3 Å². The third kappa shape index (κ3) is 6.80. The van der Waals surface area contributed by atoms with Crippen LogP contribution in [0, 0.1) is 17.8 Å². The summed E-state index contributed by atoms with van der Waals surface area (Å²) in [4.78, 5) is 23.2. The second-order valence-electron chi connectivity index (χ2n) is 7.71. The molecule has 0 radical (unpaired) electrons. The fourth-order valence-corrected chi connectivity index (χ4v) is 3.09. The van der Waals surface area contributed by atoms with Crippen molar-refractivity contribution in [3.8, 4) is 0 Å². The van der Waals surface area contributed by atoms with Crippen molar-refractivity contribution in [3.63, 3.8) is 0 Å². The van der Waals surface area contributed by atoms with Crippen LogP contribution in [-0.2, 0) is 14.3 Å². The molecule has 4 nitrogen and oxygen atoms in total. The number of carbonyl (C=O) groups is 2. The molecular formula is C18H32O4. The minimum absolute atomic E-state index is 0.120. The number of carboxylic acids is 1. The topological polar surface area (TPSA) is 63.6 Å². The first-order valence-corrected chi connectivity index (χ1v) is 8.67. The molecular weight excluding hydrogens is 280 g/mol. The maximum atomic E-state index is 12.3. The average Bonchev–Trinajstić information content (AvgIpc) is 2.43. The lowest BCUT2D eigenvalue weighted by Crippen LogP contribution is -2.34. The van der Waals surface area contributed by atoms with E-state index in [4.69, 9.17) is 9.84 Å². The summed E-state index contributed by atoms with van der Waals surface area (Å²) < 4.78 is 5.69. The Morgan fingerprint density at radius 2 is 1.64 bits per heavy atom. The van der Waals surface area contributed by atoms with Gasteiger partial charge in [-0.15, -0.1) is 0 Å². The van der Waals surface area contributed by atoms with Gasteiger partial charge in [0.1, 0.15) is 5.60 Å². The van der Waals surface area contributed by atoms with Crippen LogP contribution >= 0.6 is 0 Å². The van der Waals surface area contributed by atoms with Crippen LogP contribution in [-0.4, -0.2) is 22.6 Å². The van der Waals surface area contributed by atoms with Crippen molar-refractivity contribution in [2.45, 2.75) is 84.7 Å². The second-order valence-corrected chi connectivity index (χ2v) is 7.71. The van der Waals surface area contributed by atoms with Crippen LogP contribution in [0.3, 0.4) is 0 Å². The largest absolute Gasteiger partial charge is 0.481 e. The van der Waals surface area contributed by atoms with Crippen molar-refractivity contribution in [1.29, 1.82) is 0 Å². The van der Waals surface area contributed by atoms with Gasteiger partial charge in [-0.3, -0.25) is 9.59 Å². The molecule has 1 aliphatic rings. The summed E-state index contributed by atoms with van der Waals surface area (Å²) in [5.41, 5.74) is -0.419. The SMILES string of the molecule is CC(C)CCCCC(C)(C)OC(=O)C1CCC(C(=O)O)CC1. The van der Waals surface area contributed by atoms with E-state index >= 15 is 0 Å². The minimum atomic E-state index is -0.739. The quantitative estimate of drug-likeness (QED) is 0.532. The van der Waals surface area contributed by atoms with E-state index in [0.29, 0.717) is 25.7 Å². The Labute approximate surface area is 134 Å². The Bertz CT molecular complexity index is 365. The van der Waals surface area contributed by atoms with Gasteiger partial charge in [-0.25, -0.2) is 0 Å². The minimum Gasteiger partial charge on any atom is -0.481 e. The first-order chi connectivity index (χ1) is 10.2. The molecule has 0 saturated heterocycles. The first kappa shape index (κ1) is 19.0. The van der Waals surface area contributed by atoms with E-state index in [-0.39, 0.29) is 17.8 Å². The van der Waals surface area contributed by atoms with E-state index in [1.54, 1.807) is 0 Å². The van der Waals surface area contributed by atoms with E-state index < -0.39 is 11.6 Å². The predicted octanol–water partition coefficient (Wildman–Crippen LogP) is 4.42. The molecule has 0 heterocycles. The number of carboxylic acid groups (broad SMARTS) is 1. The Hall–Kier alpha value is -1.06. The number of aliphatic carboxylic acids is 1. The highest BCUT2D eigenvalue weighted by molar-refractivity contribution is 5.74. The number of unbranched alkanes of at least 4 members (excludes halogenated alkanes) is 1. The highest BCUT2D eigenvalue weighted by Crippen LogP contribution is 2.31. The number of carbonyl (C=O) groups excluding carboxylic acids is 1. The van der Waals surface area contributed by atoms with Gasteiger partial charge in [-0.1, -0.05) is 26.7 Å². The van der Waals surface area contributed by atoms with Crippen molar-refractivity contribution in [2.24, 2.45) is 17.8 Å². The monoisotopic (exact) mass is 312 g/mol. The molecule has 0 unspecified atom stereocenters. The Morgan fingerprint density at radius 1 is 1.09 bits per heavy atom. The highest BCUT2D eigenvalue weighted by Gasteiger charge is 2.33. The maximum absolute atomic E-state index is 12.3. The number of ether oxygens (including phenoxy) is 1. The molecule has 1 rings (SSSR count). The van der Waals surface area contributed by atoms with E-state index in [2.05, 4.69) is 13.8 Å². The number of hydrogen-bond acceptors (Lipinski definition) is 3. The number of esters is 1. The molecule has 0 aromatic carbocycles. The molecule has 1 aliphatic carbocycles. The Morgan fingerprint density at radius 3 is 2.14 bits per heavy atom. The van der Waals surface area contributed by atoms with Crippen molar-refractivity contribution in [3.05, 3.63) is 0 Å². The molecule has 0 bridgehead atoms. The van der Waals surface area contributed by atoms with Crippen LogP contribution in [0.2, 0.25) is 0 Å². The fraction of sp³-hybridized carbons (Fsp3) is 0.889. The summed E-state index contributed by atoms with van der Waals surface area (Å²) >= 11 is 0. The van der Waals surface area contributed by atoms with Gasteiger partial charge in [0, 0.05) is 0 Å². The van der Waals surface area contributed by atoms with Gasteiger partial charge in [0.05, 0.1) is 11.8 Å². The molecule has 1 N–H and O–H groups in total. The zero-order chi connectivity index (χ0) is 16.8. The van der Waals surface area contributed by atoms with Crippen LogP contribution in [0.1, 0.15) is 79.1 Å². The van der Waals surface area contributed by atoms with E-state index in [1.807, 2.05) is 13.8 Å². The van der Waals surface area contributed by atoms with E-state index in [0.717, 1.165) is 18.8 Å². The summed E-state index contributed by atoms with van der Waals surface area (Å²) in [6, 6.07) is 0. The number of rotatable bonds is 8. The van der Waals surface area contributed by atoms with Crippen LogP contribution in [0.25, 0.3) is 0 Å². The van der Waals surface area contributed by atoms with Gasteiger partial charge >= 0.3 is 11.9 Å². The smallest absolute Gasteiger partial charge is 0.309 e. The molecule has 0 aromatic heterocycles. The molecule has 0 amide bonds. The van der Waals surface area contributed by atoms with E-state index in [1.165, 1.54) is 12.8 Å². The lowest BCUT2D eigenvalue weighted by atomic mass is 9.82. The molecule has 1 saturated carbocycles. The molecule has 0 aromatic rings. The Kier molecular flexibility index (Phi) is 7.37. The van der Waals surface area contributed by atoms with Gasteiger partial charge in [0.2, 0.25) is 0 Å². The first-order valence-electron chi connectivity index (χ1n) is 8.67. The summed E-state index contributed by atoms with van der Waals surface area (Å²) in [6.07, 6.45) is 6.79. The zero-order valence-corrected chi connectivity index (χ0v) is 14.6. The highest BCUT2D eigenvalue weighted by atomic mass is 16.6. The lowest BCUT2D eigenvalue weighted by molar-refractivity contribution is -0.165. The summed E-state index contributed by atoms with van der Waals surface area (Å²) in [7, 11) is 0. The maximum Gasteiger partial charge on any atom is 0.309 e. The third-order valence-electron chi connectivity index (χ3n) is 4.60. The fourth-order valence-electron chi connectivity index (χ4n) is 3.09. The van der Waals surface area contributed by atoms with Crippen molar-refractivity contribution in [1.82, 2.24) is 0 Å². The summed E-state index contributed by atoms with van der Waals surface area (Å²) in [6.45, 7) is 8.39.